The van der Waals surface area contributed by atoms with Crippen molar-refractivity contribution in [2.24, 2.45) is 0 Å². The van der Waals surface area contributed by atoms with Gasteiger partial charge in [0.25, 0.3) is 11.1 Å². The molecule has 1 fully saturated rings. The summed E-state index contributed by atoms with van der Waals surface area (Å²) in [7, 11) is 0. The molecule has 0 saturated carbocycles. The summed E-state index contributed by atoms with van der Waals surface area (Å²) in [6, 6.07) is 11.6. The van der Waals surface area contributed by atoms with Crippen LogP contribution in [0.3, 0.4) is 0 Å². The molecule has 1 heterocycles. The van der Waals surface area contributed by atoms with Crippen LogP contribution >= 0.6 is 34.4 Å². The number of rotatable bonds is 8. The van der Waals surface area contributed by atoms with Crippen LogP contribution in [0.25, 0.3) is 6.08 Å². The Bertz CT molecular complexity index is 989. The average Bonchev–Trinajstić information content (AvgIpc) is 2.95. The van der Waals surface area contributed by atoms with Gasteiger partial charge in [-0.2, -0.15) is 0 Å². The number of imide groups is 1. The number of carbonyl (C=O) groups is 2. The number of halogens is 1. The number of amides is 2. The fourth-order valence-corrected chi connectivity index (χ4v) is 4.68. The zero-order chi connectivity index (χ0) is 21.7. The molecule has 7 heteroatoms. The van der Waals surface area contributed by atoms with Crippen LogP contribution in [-0.4, -0.2) is 29.3 Å². The Morgan fingerprint density at radius 2 is 1.93 bits per heavy atom. The maximum Gasteiger partial charge on any atom is 0.293 e. The molecule has 2 amide bonds. The minimum Gasteiger partial charge on any atom is -0.490 e. The first-order valence-electron chi connectivity index (χ1n) is 9.83. The van der Waals surface area contributed by atoms with E-state index in [2.05, 4.69) is 29.5 Å². The molecule has 1 aliphatic rings. The second kappa shape index (κ2) is 10.3. The molecule has 2 aromatic carbocycles. The summed E-state index contributed by atoms with van der Waals surface area (Å²) in [6.45, 7) is 7.34. The number of ether oxygens (including phenoxy) is 2. The van der Waals surface area contributed by atoms with E-state index in [0.717, 1.165) is 38.4 Å². The van der Waals surface area contributed by atoms with Crippen molar-refractivity contribution >= 4 is 51.6 Å². The molecule has 0 N–H and O–H groups in total. The number of aryl methyl sites for hydroxylation is 1. The van der Waals surface area contributed by atoms with Crippen molar-refractivity contribution in [2.45, 2.75) is 33.7 Å². The Morgan fingerprint density at radius 3 is 2.63 bits per heavy atom. The Hall–Kier alpha value is -2.00. The van der Waals surface area contributed by atoms with Gasteiger partial charge >= 0.3 is 0 Å². The summed E-state index contributed by atoms with van der Waals surface area (Å²) in [5.74, 6) is 1.08. The molecule has 0 aliphatic carbocycles. The number of carbonyl (C=O) groups excluding carboxylic acids is 2. The van der Waals surface area contributed by atoms with E-state index < -0.39 is 0 Å². The molecule has 3 rings (SSSR count). The van der Waals surface area contributed by atoms with Crippen molar-refractivity contribution in [3.63, 3.8) is 0 Å². The Balaban J connectivity index is 1.85. The van der Waals surface area contributed by atoms with E-state index in [4.69, 9.17) is 9.47 Å². The van der Waals surface area contributed by atoms with Crippen molar-refractivity contribution in [3.8, 4) is 11.5 Å². The van der Waals surface area contributed by atoms with Crippen LogP contribution in [0.4, 0.5) is 4.79 Å². The highest BCUT2D eigenvalue weighted by Gasteiger charge is 2.35. The standard InChI is InChI=1S/C23H24INO4S/c1-4-9-29-21-18(24)11-17(12-19(21)28-5-2)13-20-22(26)25(23(27)30-20)14-16-8-6-7-15(3)10-16/h6-8,10-13H,4-5,9,14H2,1-3H3/b20-13-. The van der Waals surface area contributed by atoms with E-state index in [9.17, 15) is 9.59 Å². The Morgan fingerprint density at radius 1 is 1.13 bits per heavy atom. The monoisotopic (exact) mass is 537 g/mol. The molecule has 0 aromatic heterocycles. The topological polar surface area (TPSA) is 55.8 Å². The molecule has 1 aliphatic heterocycles. The molecule has 0 atom stereocenters. The molecule has 0 spiro atoms. The zero-order valence-electron chi connectivity index (χ0n) is 17.2. The largest absolute Gasteiger partial charge is 0.490 e. The van der Waals surface area contributed by atoms with Gasteiger partial charge in [-0.15, -0.1) is 0 Å². The minimum absolute atomic E-state index is 0.254. The van der Waals surface area contributed by atoms with Crippen LogP contribution in [-0.2, 0) is 11.3 Å². The highest BCUT2D eigenvalue weighted by Crippen LogP contribution is 2.38. The normalized spacial score (nSPS) is 15.2. The second-order valence-corrected chi connectivity index (χ2v) is 9.02. The smallest absolute Gasteiger partial charge is 0.293 e. The Labute approximate surface area is 195 Å². The van der Waals surface area contributed by atoms with Gasteiger partial charge in [0, 0.05) is 0 Å². The molecule has 158 valence electrons. The molecule has 0 unspecified atom stereocenters. The number of nitrogens with zero attached hydrogens (tertiary/aromatic N) is 1. The summed E-state index contributed by atoms with van der Waals surface area (Å²) in [4.78, 5) is 27.0. The lowest BCUT2D eigenvalue weighted by Gasteiger charge is -2.14. The van der Waals surface area contributed by atoms with Gasteiger partial charge in [0.1, 0.15) is 0 Å². The van der Waals surface area contributed by atoms with E-state index in [0.29, 0.717) is 29.6 Å². The molecule has 0 radical (unpaired) electrons. The van der Waals surface area contributed by atoms with Crippen molar-refractivity contribution in [2.75, 3.05) is 13.2 Å². The summed E-state index contributed by atoms with van der Waals surface area (Å²) < 4.78 is 12.5. The van der Waals surface area contributed by atoms with Crippen molar-refractivity contribution in [3.05, 3.63) is 61.6 Å². The second-order valence-electron chi connectivity index (χ2n) is 6.87. The van der Waals surface area contributed by atoms with Crippen LogP contribution in [0.15, 0.2) is 41.3 Å². The summed E-state index contributed by atoms with van der Waals surface area (Å²) in [6.07, 6.45) is 2.65. The quantitative estimate of drug-likeness (QED) is 0.305. The molecule has 2 aromatic rings. The zero-order valence-corrected chi connectivity index (χ0v) is 20.2. The van der Waals surface area contributed by atoms with E-state index in [-0.39, 0.29) is 17.7 Å². The van der Waals surface area contributed by atoms with Crippen LogP contribution in [0.2, 0.25) is 0 Å². The Kier molecular flexibility index (Phi) is 7.82. The van der Waals surface area contributed by atoms with Gasteiger partial charge in [-0.25, -0.2) is 0 Å². The van der Waals surface area contributed by atoms with Gasteiger partial charge in [0.2, 0.25) is 0 Å². The third-order valence-corrected chi connectivity index (χ3v) is 6.09. The van der Waals surface area contributed by atoms with Crippen LogP contribution in [0.1, 0.15) is 37.0 Å². The predicted molar refractivity (Wildman–Crippen MR) is 129 cm³/mol. The molecule has 0 bridgehead atoms. The van der Waals surface area contributed by atoms with Crippen LogP contribution in [0.5, 0.6) is 11.5 Å². The van der Waals surface area contributed by atoms with Gasteiger partial charge in [-0.3, -0.25) is 14.5 Å². The fourth-order valence-electron chi connectivity index (χ4n) is 3.06. The summed E-state index contributed by atoms with van der Waals surface area (Å²) in [5, 5.41) is -0.254. The minimum atomic E-state index is -0.272. The first-order valence-corrected chi connectivity index (χ1v) is 11.7. The number of hydrogen-bond donors (Lipinski definition) is 0. The van der Waals surface area contributed by atoms with Gasteiger partial charge in [-0.05, 0) is 84.0 Å². The SMILES string of the molecule is CCCOc1c(I)cc(/C=C2\SC(=O)N(Cc3cccc(C)c3)C2=O)cc1OCC. The highest BCUT2D eigenvalue weighted by atomic mass is 127. The molecular formula is C23H24INO4S. The molecule has 30 heavy (non-hydrogen) atoms. The number of thioether (sulfide) groups is 1. The van der Waals surface area contributed by atoms with Gasteiger partial charge < -0.3 is 9.47 Å². The number of hydrogen-bond acceptors (Lipinski definition) is 5. The van der Waals surface area contributed by atoms with Gasteiger partial charge in [-0.1, -0.05) is 36.8 Å². The first-order chi connectivity index (χ1) is 14.4. The van der Waals surface area contributed by atoms with Crippen molar-refractivity contribution in [1.29, 1.82) is 0 Å². The molecule has 5 nitrogen and oxygen atoms in total. The van der Waals surface area contributed by atoms with E-state index in [1.807, 2.05) is 50.2 Å². The van der Waals surface area contributed by atoms with Crippen LogP contribution in [0, 0.1) is 10.5 Å². The highest BCUT2D eigenvalue weighted by molar-refractivity contribution is 14.1. The fraction of sp³-hybridized carbons (Fsp3) is 0.304. The summed E-state index contributed by atoms with van der Waals surface area (Å²) >= 11 is 3.17. The molecule has 1 saturated heterocycles. The lowest BCUT2D eigenvalue weighted by molar-refractivity contribution is -0.123. The third-order valence-electron chi connectivity index (χ3n) is 4.38. The lowest BCUT2D eigenvalue weighted by atomic mass is 10.1. The first kappa shape index (κ1) is 22.7. The summed E-state index contributed by atoms with van der Waals surface area (Å²) in [5.41, 5.74) is 2.83. The van der Waals surface area contributed by atoms with E-state index >= 15 is 0 Å². The maximum atomic E-state index is 12.9. The van der Waals surface area contributed by atoms with Gasteiger partial charge in [0.05, 0.1) is 28.2 Å². The van der Waals surface area contributed by atoms with Crippen LogP contribution < -0.4 is 9.47 Å². The van der Waals surface area contributed by atoms with E-state index in [1.165, 1.54) is 4.90 Å². The lowest BCUT2D eigenvalue weighted by Crippen LogP contribution is -2.27. The number of benzene rings is 2. The maximum absolute atomic E-state index is 12.9. The predicted octanol–water partition coefficient (Wildman–Crippen LogP) is 6.02. The van der Waals surface area contributed by atoms with Crippen molar-refractivity contribution < 1.29 is 19.1 Å². The van der Waals surface area contributed by atoms with Gasteiger partial charge in [0.15, 0.2) is 11.5 Å². The third kappa shape index (κ3) is 5.37. The van der Waals surface area contributed by atoms with Crippen molar-refractivity contribution in [1.82, 2.24) is 4.90 Å². The van der Waals surface area contributed by atoms with E-state index in [1.54, 1.807) is 6.08 Å². The molecular weight excluding hydrogens is 513 g/mol. The average molecular weight is 537 g/mol.